The number of aliphatic hydroxyl groups excluding tert-OH is 1. The van der Waals surface area contributed by atoms with Gasteiger partial charge >= 0.3 is 6.03 Å². The monoisotopic (exact) mass is 324 g/mol. The van der Waals surface area contributed by atoms with Crippen LogP contribution in [0.25, 0.3) is 0 Å². The lowest BCUT2D eigenvalue weighted by Crippen LogP contribution is -2.45. The number of carbonyl (C=O) groups excluding carboxylic acids is 1. The molecule has 0 aromatic heterocycles. The van der Waals surface area contributed by atoms with Crippen LogP contribution >= 0.6 is 11.6 Å². The highest BCUT2D eigenvalue weighted by Crippen LogP contribution is 2.27. The third kappa shape index (κ3) is 4.14. The molecular formula is C17H25ClN2O2. The Hall–Kier alpha value is -1.26. The maximum Gasteiger partial charge on any atom is 0.317 e. The molecular weight excluding hydrogens is 300 g/mol. The van der Waals surface area contributed by atoms with Gasteiger partial charge in [-0.25, -0.2) is 4.79 Å². The van der Waals surface area contributed by atoms with E-state index < -0.39 is 0 Å². The molecule has 1 aromatic carbocycles. The Morgan fingerprint density at radius 2 is 2.00 bits per heavy atom. The van der Waals surface area contributed by atoms with Crippen LogP contribution in [-0.4, -0.2) is 35.7 Å². The molecule has 0 heterocycles. The summed E-state index contributed by atoms with van der Waals surface area (Å²) in [5, 5.41) is 12.9. The number of carbonyl (C=O) groups is 1. The molecule has 4 nitrogen and oxygen atoms in total. The summed E-state index contributed by atoms with van der Waals surface area (Å²) in [4.78, 5) is 14.2. The first-order valence-corrected chi connectivity index (χ1v) is 8.29. The first-order valence-electron chi connectivity index (χ1n) is 7.91. The summed E-state index contributed by atoms with van der Waals surface area (Å²) in [6.07, 6.45) is 3.88. The number of hydrogen-bond acceptors (Lipinski definition) is 2. The molecule has 1 atom stereocenters. The van der Waals surface area contributed by atoms with Crippen molar-refractivity contribution < 1.29 is 9.90 Å². The number of aliphatic hydroxyl groups is 1. The molecule has 1 aliphatic rings. The van der Waals surface area contributed by atoms with Crippen LogP contribution in [0, 0.1) is 5.92 Å². The molecule has 1 unspecified atom stereocenters. The van der Waals surface area contributed by atoms with Gasteiger partial charge in [0.2, 0.25) is 0 Å². The second kappa shape index (κ2) is 7.84. The Morgan fingerprint density at radius 3 is 2.59 bits per heavy atom. The second-order valence-electron chi connectivity index (χ2n) is 6.16. The summed E-state index contributed by atoms with van der Waals surface area (Å²) in [6, 6.07) is 7.62. The number of hydrogen-bond donors (Lipinski definition) is 2. The summed E-state index contributed by atoms with van der Waals surface area (Å²) in [7, 11) is 1.85. The van der Waals surface area contributed by atoms with Crippen LogP contribution in [0.4, 0.5) is 4.79 Å². The lowest BCUT2D eigenvalue weighted by Gasteiger charge is -2.34. The van der Waals surface area contributed by atoms with Crippen molar-refractivity contribution in [3.05, 3.63) is 34.9 Å². The summed E-state index contributed by atoms with van der Waals surface area (Å²) in [5.41, 5.74) is 0.926. The van der Waals surface area contributed by atoms with Gasteiger partial charge in [-0.3, -0.25) is 0 Å². The van der Waals surface area contributed by atoms with Crippen LogP contribution in [0.5, 0.6) is 0 Å². The molecule has 1 aliphatic carbocycles. The largest absolute Gasteiger partial charge is 0.396 e. The first-order chi connectivity index (χ1) is 10.5. The summed E-state index contributed by atoms with van der Waals surface area (Å²) < 4.78 is 0. The number of nitrogens with zero attached hydrogens (tertiary/aromatic N) is 1. The summed E-state index contributed by atoms with van der Waals surface area (Å²) in [6.45, 7) is 2.20. The maximum atomic E-state index is 12.4. The fourth-order valence-corrected chi connectivity index (χ4v) is 3.37. The molecule has 1 aromatic rings. The van der Waals surface area contributed by atoms with Crippen molar-refractivity contribution in [1.82, 2.24) is 10.2 Å². The van der Waals surface area contributed by atoms with E-state index in [1.54, 1.807) is 4.90 Å². The Labute approximate surface area is 137 Å². The van der Waals surface area contributed by atoms with E-state index in [9.17, 15) is 9.90 Å². The van der Waals surface area contributed by atoms with Crippen LogP contribution < -0.4 is 5.32 Å². The quantitative estimate of drug-likeness (QED) is 0.889. The van der Waals surface area contributed by atoms with Crippen molar-refractivity contribution in [1.29, 1.82) is 0 Å². The Kier molecular flexibility index (Phi) is 6.09. The average Bonchev–Trinajstić information content (AvgIpc) is 2.54. The molecule has 1 saturated carbocycles. The van der Waals surface area contributed by atoms with Gasteiger partial charge in [0, 0.05) is 24.7 Å². The molecule has 2 amide bonds. The van der Waals surface area contributed by atoms with Gasteiger partial charge in [-0.1, -0.05) is 29.8 Å². The van der Waals surface area contributed by atoms with Gasteiger partial charge in [-0.2, -0.15) is 0 Å². The SMILES string of the molecule is CC(NC(=O)N(C)C1CCC(CO)CC1)c1ccccc1Cl. The zero-order chi connectivity index (χ0) is 16.1. The van der Waals surface area contributed by atoms with E-state index in [2.05, 4.69) is 5.32 Å². The molecule has 0 radical (unpaired) electrons. The van der Waals surface area contributed by atoms with Crippen molar-refractivity contribution in [2.24, 2.45) is 5.92 Å². The summed E-state index contributed by atoms with van der Waals surface area (Å²) in [5.74, 6) is 0.398. The van der Waals surface area contributed by atoms with Crippen LogP contribution in [0.3, 0.4) is 0 Å². The van der Waals surface area contributed by atoms with Crippen LogP contribution in [0.2, 0.25) is 5.02 Å². The van der Waals surface area contributed by atoms with Crippen molar-refractivity contribution in [3.63, 3.8) is 0 Å². The molecule has 0 spiro atoms. The van der Waals surface area contributed by atoms with E-state index in [0.717, 1.165) is 31.2 Å². The number of halogens is 1. The molecule has 0 aliphatic heterocycles. The summed E-state index contributed by atoms with van der Waals surface area (Å²) >= 11 is 6.17. The van der Waals surface area contributed by atoms with E-state index in [0.29, 0.717) is 10.9 Å². The predicted molar refractivity (Wildman–Crippen MR) is 89.0 cm³/mol. The van der Waals surface area contributed by atoms with Crippen molar-refractivity contribution in [2.45, 2.75) is 44.7 Å². The van der Waals surface area contributed by atoms with Gasteiger partial charge in [0.05, 0.1) is 6.04 Å². The molecule has 22 heavy (non-hydrogen) atoms. The van der Waals surface area contributed by atoms with Crippen LogP contribution in [-0.2, 0) is 0 Å². The van der Waals surface area contributed by atoms with E-state index in [1.165, 1.54) is 0 Å². The number of amides is 2. The highest BCUT2D eigenvalue weighted by atomic mass is 35.5. The molecule has 1 fully saturated rings. The molecule has 5 heteroatoms. The number of urea groups is 1. The van der Waals surface area contributed by atoms with Crippen molar-refractivity contribution in [2.75, 3.05) is 13.7 Å². The lowest BCUT2D eigenvalue weighted by molar-refractivity contribution is 0.133. The molecule has 0 saturated heterocycles. The van der Waals surface area contributed by atoms with Crippen LogP contribution in [0.15, 0.2) is 24.3 Å². The lowest BCUT2D eigenvalue weighted by atomic mass is 9.86. The predicted octanol–water partition coefficient (Wildman–Crippen LogP) is 3.59. The van der Waals surface area contributed by atoms with E-state index >= 15 is 0 Å². The minimum Gasteiger partial charge on any atom is -0.396 e. The molecule has 2 rings (SSSR count). The third-order valence-electron chi connectivity index (χ3n) is 4.65. The topological polar surface area (TPSA) is 52.6 Å². The zero-order valence-corrected chi connectivity index (χ0v) is 14.0. The van der Waals surface area contributed by atoms with Gasteiger partial charge in [-0.05, 0) is 50.2 Å². The number of nitrogens with one attached hydrogen (secondary N) is 1. The smallest absolute Gasteiger partial charge is 0.317 e. The average molecular weight is 325 g/mol. The van der Waals surface area contributed by atoms with Gasteiger partial charge in [-0.15, -0.1) is 0 Å². The first kappa shape index (κ1) is 17.1. The Morgan fingerprint density at radius 1 is 1.36 bits per heavy atom. The number of rotatable bonds is 4. The fraction of sp³-hybridized carbons (Fsp3) is 0.588. The van der Waals surface area contributed by atoms with Gasteiger partial charge in [0.25, 0.3) is 0 Å². The van der Waals surface area contributed by atoms with Gasteiger partial charge in [0.1, 0.15) is 0 Å². The normalized spacial score (nSPS) is 22.9. The number of benzene rings is 1. The van der Waals surface area contributed by atoms with Crippen LogP contribution in [0.1, 0.15) is 44.2 Å². The zero-order valence-electron chi connectivity index (χ0n) is 13.3. The molecule has 2 N–H and O–H groups in total. The second-order valence-corrected chi connectivity index (χ2v) is 6.57. The van der Waals surface area contributed by atoms with Crippen molar-refractivity contribution in [3.8, 4) is 0 Å². The molecule has 0 bridgehead atoms. The maximum absolute atomic E-state index is 12.4. The van der Waals surface area contributed by atoms with Gasteiger partial charge < -0.3 is 15.3 Å². The highest BCUT2D eigenvalue weighted by Gasteiger charge is 2.27. The minimum atomic E-state index is -0.127. The Balaban J connectivity index is 1.90. The van der Waals surface area contributed by atoms with Gasteiger partial charge in [0.15, 0.2) is 0 Å². The van der Waals surface area contributed by atoms with Crippen molar-refractivity contribution >= 4 is 17.6 Å². The van der Waals surface area contributed by atoms with E-state index in [4.69, 9.17) is 11.6 Å². The molecule has 122 valence electrons. The Bertz CT molecular complexity index is 501. The highest BCUT2D eigenvalue weighted by molar-refractivity contribution is 6.31. The van der Waals surface area contributed by atoms with E-state index in [1.807, 2.05) is 38.2 Å². The van der Waals surface area contributed by atoms with E-state index in [-0.39, 0.29) is 24.7 Å². The fourth-order valence-electron chi connectivity index (χ4n) is 3.07. The minimum absolute atomic E-state index is 0.0696. The standard InChI is InChI=1S/C17H25ClN2O2/c1-12(15-5-3-4-6-16(15)18)19-17(22)20(2)14-9-7-13(11-21)8-10-14/h3-6,12-14,21H,7-11H2,1-2H3,(H,19,22). The third-order valence-corrected chi connectivity index (χ3v) is 5.00.